The van der Waals surface area contributed by atoms with Gasteiger partial charge in [0.1, 0.15) is 17.9 Å². The van der Waals surface area contributed by atoms with Gasteiger partial charge in [0.25, 0.3) is 5.91 Å². The monoisotopic (exact) mass is 402 g/mol. The van der Waals surface area contributed by atoms with E-state index in [1.165, 1.54) is 6.33 Å². The molecule has 1 unspecified atom stereocenters. The largest absolute Gasteiger partial charge is 0.350 e. The highest BCUT2D eigenvalue weighted by Crippen LogP contribution is 2.52. The van der Waals surface area contributed by atoms with Crippen LogP contribution < -0.4 is 10.6 Å². The van der Waals surface area contributed by atoms with Crippen LogP contribution in [0.15, 0.2) is 60.2 Å². The molecular formula is C22H22N6O2. The summed E-state index contributed by atoms with van der Waals surface area (Å²) >= 11 is 0. The molecule has 1 saturated carbocycles. The number of carbonyl (C=O) groups excluding carboxylic acids is 2. The quantitative estimate of drug-likeness (QED) is 0.662. The molecule has 2 aliphatic rings. The lowest BCUT2D eigenvalue weighted by molar-refractivity contribution is -0.120. The maximum Gasteiger partial charge on any atom is 0.269 e. The molecule has 3 N–H and O–H groups in total. The molecule has 4 rings (SSSR count). The minimum Gasteiger partial charge on any atom is -0.350 e. The first kappa shape index (κ1) is 19.6. The molecule has 2 aromatic rings. The average Bonchev–Trinajstić information content (AvgIpc) is 3.26. The molecule has 1 fully saturated rings. The van der Waals surface area contributed by atoms with Crippen molar-refractivity contribution in [2.45, 2.75) is 31.6 Å². The third-order valence-corrected chi connectivity index (χ3v) is 5.61. The summed E-state index contributed by atoms with van der Waals surface area (Å²) in [6, 6.07) is 5.53. The van der Waals surface area contributed by atoms with Crippen molar-refractivity contribution >= 4 is 23.3 Å². The lowest BCUT2D eigenvalue weighted by Gasteiger charge is -2.19. The van der Waals surface area contributed by atoms with Crippen LogP contribution in [0.3, 0.4) is 0 Å². The Balaban J connectivity index is 1.47. The van der Waals surface area contributed by atoms with Crippen LogP contribution >= 0.6 is 0 Å². The van der Waals surface area contributed by atoms with E-state index in [0.29, 0.717) is 31.6 Å². The van der Waals surface area contributed by atoms with Gasteiger partial charge in [0.15, 0.2) is 0 Å². The number of nitrogens with zero attached hydrogens (tertiary/aromatic N) is 3. The minimum absolute atomic E-state index is 0.0835. The topological polar surface area (TPSA) is 121 Å². The van der Waals surface area contributed by atoms with E-state index < -0.39 is 11.3 Å². The summed E-state index contributed by atoms with van der Waals surface area (Å²) in [6.45, 7) is 2.29. The van der Waals surface area contributed by atoms with Crippen molar-refractivity contribution in [3.8, 4) is 0 Å². The van der Waals surface area contributed by atoms with E-state index in [1.807, 2.05) is 25.1 Å². The molecule has 152 valence electrons. The Bertz CT molecular complexity index is 1080. The Hall–Kier alpha value is -3.68. The van der Waals surface area contributed by atoms with E-state index in [2.05, 4.69) is 25.6 Å². The number of nitrogens with one attached hydrogen (secondary N) is 3. The summed E-state index contributed by atoms with van der Waals surface area (Å²) in [6.07, 6.45) is 9.82. The van der Waals surface area contributed by atoms with Crippen LogP contribution in [0.4, 0.5) is 5.82 Å². The Morgan fingerprint density at radius 2 is 2.10 bits per heavy atom. The van der Waals surface area contributed by atoms with E-state index in [4.69, 9.17) is 5.41 Å². The van der Waals surface area contributed by atoms with Crippen molar-refractivity contribution in [3.05, 3.63) is 71.5 Å². The van der Waals surface area contributed by atoms with Gasteiger partial charge in [-0.25, -0.2) is 15.0 Å². The molecule has 0 saturated heterocycles. The summed E-state index contributed by atoms with van der Waals surface area (Å²) in [5.41, 5.74) is 2.65. The molecule has 1 atom stereocenters. The first-order valence-corrected chi connectivity index (χ1v) is 9.78. The van der Waals surface area contributed by atoms with Gasteiger partial charge in [0.2, 0.25) is 5.91 Å². The van der Waals surface area contributed by atoms with Gasteiger partial charge in [0, 0.05) is 36.6 Å². The number of aromatic nitrogens is 3. The smallest absolute Gasteiger partial charge is 0.269 e. The Morgan fingerprint density at radius 1 is 1.27 bits per heavy atom. The maximum atomic E-state index is 12.8. The highest BCUT2D eigenvalue weighted by molar-refractivity contribution is 6.42. The van der Waals surface area contributed by atoms with Gasteiger partial charge in [-0.3, -0.25) is 15.0 Å². The van der Waals surface area contributed by atoms with E-state index in [-0.39, 0.29) is 11.6 Å². The molecule has 0 bridgehead atoms. The molecule has 0 radical (unpaired) electrons. The van der Waals surface area contributed by atoms with Crippen LogP contribution in [0.25, 0.3) is 0 Å². The molecule has 1 aliphatic carbocycles. The molecule has 0 aromatic carbocycles. The number of hydrogen-bond donors (Lipinski definition) is 3. The number of pyridine rings is 1. The zero-order chi connectivity index (χ0) is 21.1. The maximum absolute atomic E-state index is 12.8. The van der Waals surface area contributed by atoms with Gasteiger partial charge in [0.05, 0.1) is 5.41 Å². The predicted molar refractivity (Wildman–Crippen MR) is 112 cm³/mol. The number of fused-ring (bicyclic) bond motifs is 2. The van der Waals surface area contributed by atoms with Gasteiger partial charge in [-0.05, 0) is 49.1 Å². The Morgan fingerprint density at radius 3 is 2.87 bits per heavy atom. The van der Waals surface area contributed by atoms with E-state index in [9.17, 15) is 9.59 Å². The normalized spacial score (nSPS) is 22.4. The second-order valence-corrected chi connectivity index (χ2v) is 7.39. The van der Waals surface area contributed by atoms with Crippen molar-refractivity contribution in [1.29, 1.82) is 5.41 Å². The van der Waals surface area contributed by atoms with Gasteiger partial charge < -0.3 is 10.6 Å². The highest BCUT2D eigenvalue weighted by Gasteiger charge is 2.52. The summed E-state index contributed by atoms with van der Waals surface area (Å²) in [4.78, 5) is 37.4. The SMILES string of the molecule is C/C=C1/CC2(C/C1=C/C(=N)C(=O)NCCc1ccncn1)C(=O)Nc1ncccc12. The van der Waals surface area contributed by atoms with E-state index in [1.54, 1.807) is 24.5 Å². The second-order valence-electron chi connectivity index (χ2n) is 7.39. The molecule has 1 spiro atoms. The fourth-order valence-electron chi connectivity index (χ4n) is 4.07. The van der Waals surface area contributed by atoms with E-state index >= 15 is 0 Å². The van der Waals surface area contributed by atoms with Crippen LogP contribution in [0.5, 0.6) is 0 Å². The van der Waals surface area contributed by atoms with Crippen molar-refractivity contribution in [2.24, 2.45) is 0 Å². The first-order chi connectivity index (χ1) is 14.5. The standard InChI is InChI=1S/C22H22N6O2/c1-2-14-11-22(17-4-3-7-25-19(17)28-21(22)30)12-15(14)10-18(23)20(29)26-9-6-16-5-8-24-13-27-16/h2-5,7-8,10,13,23H,6,9,11-12H2,1H3,(H,26,29)(H,25,28,30)/b14-2-,15-10-,23-18?. The lowest BCUT2D eigenvalue weighted by atomic mass is 9.80. The third kappa shape index (κ3) is 3.52. The minimum atomic E-state index is -0.721. The molecule has 8 nitrogen and oxygen atoms in total. The molecule has 30 heavy (non-hydrogen) atoms. The first-order valence-electron chi connectivity index (χ1n) is 9.78. The fraction of sp³-hybridized carbons (Fsp3) is 0.273. The number of allylic oxidation sites excluding steroid dienone is 3. The van der Waals surface area contributed by atoms with Crippen LogP contribution in [0, 0.1) is 5.41 Å². The van der Waals surface area contributed by atoms with Crippen LogP contribution in [0.1, 0.15) is 31.0 Å². The van der Waals surface area contributed by atoms with Crippen molar-refractivity contribution in [2.75, 3.05) is 11.9 Å². The average molecular weight is 402 g/mol. The molecule has 2 aromatic heterocycles. The number of hydrogen-bond acceptors (Lipinski definition) is 6. The van der Waals surface area contributed by atoms with Gasteiger partial charge in [-0.1, -0.05) is 12.1 Å². The van der Waals surface area contributed by atoms with E-state index in [0.717, 1.165) is 22.4 Å². The molecule has 3 heterocycles. The molecular weight excluding hydrogens is 380 g/mol. The highest BCUT2D eigenvalue weighted by atomic mass is 16.2. The third-order valence-electron chi connectivity index (χ3n) is 5.61. The fourth-order valence-corrected chi connectivity index (χ4v) is 4.07. The number of rotatable bonds is 5. The van der Waals surface area contributed by atoms with Crippen molar-refractivity contribution in [1.82, 2.24) is 20.3 Å². The summed E-state index contributed by atoms with van der Waals surface area (Å²) < 4.78 is 0. The summed E-state index contributed by atoms with van der Waals surface area (Å²) in [7, 11) is 0. The zero-order valence-corrected chi connectivity index (χ0v) is 16.6. The van der Waals surface area contributed by atoms with Crippen molar-refractivity contribution in [3.63, 3.8) is 0 Å². The molecule has 1 aliphatic heterocycles. The Kier molecular flexibility index (Phi) is 5.22. The summed E-state index contributed by atoms with van der Waals surface area (Å²) in [5.74, 6) is 0.0578. The Labute approximate surface area is 174 Å². The number of anilines is 1. The van der Waals surface area contributed by atoms with Gasteiger partial charge in [-0.2, -0.15) is 0 Å². The van der Waals surface area contributed by atoms with Gasteiger partial charge >= 0.3 is 0 Å². The second kappa shape index (κ2) is 7.98. The van der Waals surface area contributed by atoms with Crippen LogP contribution in [-0.2, 0) is 21.4 Å². The number of amides is 2. The number of carbonyl (C=O) groups is 2. The van der Waals surface area contributed by atoms with Crippen LogP contribution in [-0.4, -0.2) is 39.0 Å². The lowest BCUT2D eigenvalue weighted by Crippen LogP contribution is -2.32. The molecule has 2 amide bonds. The van der Waals surface area contributed by atoms with Gasteiger partial charge in [-0.15, -0.1) is 0 Å². The van der Waals surface area contributed by atoms with Crippen LogP contribution in [0.2, 0.25) is 0 Å². The molecule has 8 heteroatoms. The zero-order valence-electron chi connectivity index (χ0n) is 16.6. The van der Waals surface area contributed by atoms with Crippen molar-refractivity contribution < 1.29 is 9.59 Å². The summed E-state index contributed by atoms with van der Waals surface area (Å²) in [5, 5.41) is 13.8. The predicted octanol–water partition coefficient (Wildman–Crippen LogP) is 2.11.